The molecule has 0 radical (unpaired) electrons. The molecule has 7 heteroatoms. The third kappa shape index (κ3) is 6.97. The summed E-state index contributed by atoms with van der Waals surface area (Å²) in [5.74, 6) is -0.00435. The number of benzene rings is 2. The van der Waals surface area contributed by atoms with Gasteiger partial charge in [-0.1, -0.05) is 43.7 Å². The normalized spacial score (nSPS) is 10.7. The van der Waals surface area contributed by atoms with Crippen LogP contribution in [0.25, 0.3) is 11.0 Å². The fourth-order valence-corrected chi connectivity index (χ4v) is 3.28. The van der Waals surface area contributed by atoms with Crippen LogP contribution in [0.5, 0.6) is 5.75 Å². The number of carbonyl (C=O) groups is 2. The van der Waals surface area contributed by atoms with Crippen molar-refractivity contribution in [3.8, 4) is 5.75 Å². The number of ether oxygens (including phenoxy) is 2. The molecule has 32 heavy (non-hydrogen) atoms. The number of alkyl carbamates (subject to hydrolysis) is 1. The number of carbonyl (C=O) groups excluding carboxylic acids is 2. The quantitative estimate of drug-likeness (QED) is 0.213. The predicted molar refractivity (Wildman–Crippen MR) is 121 cm³/mol. The number of unbranched alkanes of at least 4 members (excludes halogenated alkanes) is 2. The highest BCUT2D eigenvalue weighted by Gasteiger charge is 2.09. The average molecular weight is 437 g/mol. The maximum atomic E-state index is 12.1. The molecule has 3 aromatic rings. The lowest BCUT2D eigenvalue weighted by Gasteiger charge is -2.08. The van der Waals surface area contributed by atoms with Crippen LogP contribution in [0.4, 0.5) is 4.79 Å². The van der Waals surface area contributed by atoms with Crippen LogP contribution in [0.1, 0.15) is 43.7 Å². The van der Waals surface area contributed by atoms with Crippen molar-refractivity contribution >= 4 is 23.0 Å². The van der Waals surface area contributed by atoms with Gasteiger partial charge in [-0.05, 0) is 42.5 Å². The van der Waals surface area contributed by atoms with Crippen LogP contribution in [-0.2, 0) is 22.6 Å². The lowest BCUT2D eigenvalue weighted by Crippen LogP contribution is -2.25. The van der Waals surface area contributed by atoms with Gasteiger partial charge in [0.15, 0.2) is 0 Å². The van der Waals surface area contributed by atoms with Crippen LogP contribution < -0.4 is 15.7 Å². The highest BCUT2D eigenvalue weighted by molar-refractivity contribution is 5.82. The Hall–Kier alpha value is -3.61. The number of rotatable bonds is 10. The summed E-state index contributed by atoms with van der Waals surface area (Å²) in [4.78, 5) is 35.4. The van der Waals surface area contributed by atoms with Crippen molar-refractivity contribution in [2.45, 2.75) is 45.6 Å². The van der Waals surface area contributed by atoms with Gasteiger partial charge in [0.2, 0.25) is 0 Å². The number of fused-ring (bicyclic) bond motifs is 1. The summed E-state index contributed by atoms with van der Waals surface area (Å²) in [5, 5.41) is 3.53. The summed E-state index contributed by atoms with van der Waals surface area (Å²) in [6.07, 6.45) is 2.65. The van der Waals surface area contributed by atoms with Crippen LogP contribution >= 0.6 is 0 Å². The second-order valence-corrected chi connectivity index (χ2v) is 7.38. The van der Waals surface area contributed by atoms with Crippen molar-refractivity contribution < 1.29 is 23.5 Å². The molecule has 1 N–H and O–H groups in total. The van der Waals surface area contributed by atoms with E-state index in [1.807, 2.05) is 37.3 Å². The summed E-state index contributed by atoms with van der Waals surface area (Å²) >= 11 is 0. The first-order valence-electron chi connectivity index (χ1n) is 10.8. The standard InChI is InChI=1S/C25H27NO6/c1-2-19-15-24(28)32-22-16-20(12-13-21(19)22)31-23(27)11-7-4-8-14-26-25(29)30-17-18-9-5-3-6-10-18/h3,5-6,9-10,12-13,15-16H,2,4,7-8,11,14,17H2,1H3,(H,26,29). The minimum Gasteiger partial charge on any atom is -0.445 e. The molecule has 0 aliphatic rings. The zero-order valence-corrected chi connectivity index (χ0v) is 18.1. The van der Waals surface area contributed by atoms with Crippen LogP contribution in [0, 0.1) is 0 Å². The van der Waals surface area contributed by atoms with E-state index in [0.29, 0.717) is 30.7 Å². The largest absolute Gasteiger partial charge is 0.445 e. The van der Waals surface area contributed by atoms with Crippen LogP contribution in [0.15, 0.2) is 63.8 Å². The molecule has 1 amide bonds. The highest BCUT2D eigenvalue weighted by Crippen LogP contribution is 2.23. The first-order chi connectivity index (χ1) is 15.5. The minimum absolute atomic E-state index is 0.233. The highest BCUT2D eigenvalue weighted by atomic mass is 16.5. The monoisotopic (exact) mass is 437 g/mol. The maximum Gasteiger partial charge on any atom is 0.407 e. The van der Waals surface area contributed by atoms with Crippen molar-refractivity contribution in [3.05, 3.63) is 76.1 Å². The number of amides is 1. The Morgan fingerprint density at radius 1 is 1.00 bits per heavy atom. The van der Waals surface area contributed by atoms with E-state index in [1.165, 1.54) is 6.07 Å². The lowest BCUT2D eigenvalue weighted by molar-refractivity contribution is -0.134. The molecule has 3 rings (SSSR count). The lowest BCUT2D eigenvalue weighted by atomic mass is 10.1. The molecule has 1 aromatic heterocycles. The molecule has 2 aromatic carbocycles. The van der Waals surface area contributed by atoms with Crippen molar-refractivity contribution in [2.75, 3.05) is 6.54 Å². The van der Waals surface area contributed by atoms with Gasteiger partial charge < -0.3 is 19.2 Å². The molecule has 0 atom stereocenters. The fraction of sp³-hybridized carbons (Fsp3) is 0.320. The Morgan fingerprint density at radius 2 is 1.81 bits per heavy atom. The Balaban J connectivity index is 1.33. The summed E-state index contributed by atoms with van der Waals surface area (Å²) in [7, 11) is 0. The average Bonchev–Trinajstić information content (AvgIpc) is 2.79. The number of esters is 1. The Labute approximate surface area is 186 Å². The molecule has 0 bridgehead atoms. The predicted octanol–water partition coefficient (Wildman–Crippen LogP) is 4.75. The van der Waals surface area contributed by atoms with Gasteiger partial charge in [-0.15, -0.1) is 0 Å². The van der Waals surface area contributed by atoms with E-state index in [2.05, 4.69) is 5.32 Å². The Bertz CT molecular complexity index is 1110. The number of hydrogen-bond acceptors (Lipinski definition) is 6. The van der Waals surface area contributed by atoms with Gasteiger partial charge in [0.1, 0.15) is 17.9 Å². The summed E-state index contributed by atoms with van der Waals surface area (Å²) in [6, 6.07) is 16.0. The topological polar surface area (TPSA) is 94.8 Å². The smallest absolute Gasteiger partial charge is 0.407 e. The SMILES string of the molecule is CCc1cc(=O)oc2cc(OC(=O)CCCCCNC(=O)OCc3ccccc3)ccc12. The van der Waals surface area contributed by atoms with Crippen LogP contribution in [-0.4, -0.2) is 18.6 Å². The van der Waals surface area contributed by atoms with E-state index in [0.717, 1.165) is 29.4 Å². The molecule has 1 heterocycles. The van der Waals surface area contributed by atoms with Crippen molar-refractivity contribution in [2.24, 2.45) is 0 Å². The summed E-state index contributed by atoms with van der Waals surface area (Å²) < 4.78 is 15.7. The van der Waals surface area contributed by atoms with E-state index in [9.17, 15) is 14.4 Å². The minimum atomic E-state index is -0.456. The van der Waals surface area contributed by atoms with Gasteiger partial charge in [-0.2, -0.15) is 0 Å². The van der Waals surface area contributed by atoms with Gasteiger partial charge >= 0.3 is 17.7 Å². The second-order valence-electron chi connectivity index (χ2n) is 7.38. The summed E-state index contributed by atoms with van der Waals surface area (Å²) in [6.45, 7) is 2.67. The van der Waals surface area contributed by atoms with E-state index < -0.39 is 11.7 Å². The van der Waals surface area contributed by atoms with Crippen LogP contribution in [0.3, 0.4) is 0 Å². The number of hydrogen-bond donors (Lipinski definition) is 1. The first-order valence-corrected chi connectivity index (χ1v) is 10.8. The summed E-state index contributed by atoms with van der Waals surface area (Å²) in [5.41, 5.74) is 1.81. The van der Waals surface area contributed by atoms with E-state index >= 15 is 0 Å². The van der Waals surface area contributed by atoms with Gasteiger partial charge in [0.05, 0.1) is 0 Å². The van der Waals surface area contributed by atoms with E-state index in [4.69, 9.17) is 13.9 Å². The van der Waals surface area contributed by atoms with Gasteiger partial charge in [-0.25, -0.2) is 9.59 Å². The zero-order chi connectivity index (χ0) is 22.8. The Kier molecular flexibility index (Phi) is 8.43. The van der Waals surface area contributed by atoms with Crippen LogP contribution in [0.2, 0.25) is 0 Å². The maximum absolute atomic E-state index is 12.1. The van der Waals surface area contributed by atoms with Crippen molar-refractivity contribution in [3.63, 3.8) is 0 Å². The van der Waals surface area contributed by atoms with Gasteiger partial charge in [0.25, 0.3) is 0 Å². The molecule has 168 valence electrons. The molecule has 0 aliphatic heterocycles. The van der Waals surface area contributed by atoms with E-state index in [-0.39, 0.29) is 19.0 Å². The second kappa shape index (κ2) is 11.7. The third-order valence-electron chi connectivity index (χ3n) is 4.95. The van der Waals surface area contributed by atoms with Gasteiger partial charge in [-0.3, -0.25) is 4.79 Å². The van der Waals surface area contributed by atoms with Crippen molar-refractivity contribution in [1.29, 1.82) is 0 Å². The Morgan fingerprint density at radius 3 is 2.59 bits per heavy atom. The van der Waals surface area contributed by atoms with E-state index in [1.54, 1.807) is 18.2 Å². The number of nitrogens with one attached hydrogen (secondary N) is 1. The molecule has 0 aliphatic carbocycles. The van der Waals surface area contributed by atoms with Crippen molar-refractivity contribution in [1.82, 2.24) is 5.32 Å². The molecule has 7 nitrogen and oxygen atoms in total. The molecule has 0 saturated carbocycles. The zero-order valence-electron chi connectivity index (χ0n) is 18.1. The molecular formula is C25H27NO6. The fourth-order valence-electron chi connectivity index (χ4n) is 3.28. The molecule has 0 unspecified atom stereocenters. The number of aryl methyl sites for hydroxylation is 1. The van der Waals surface area contributed by atoms with Gasteiger partial charge in [0, 0.05) is 30.5 Å². The molecule has 0 saturated heterocycles. The third-order valence-corrected chi connectivity index (χ3v) is 4.95. The molecule has 0 spiro atoms. The molecular weight excluding hydrogens is 410 g/mol. The molecule has 0 fully saturated rings. The first kappa shape index (κ1) is 23.1.